The van der Waals surface area contributed by atoms with Crippen molar-refractivity contribution in [2.45, 2.75) is 64.3 Å². The Bertz CT molecular complexity index is 385. The average molecular weight is 276 g/mol. The molecule has 0 atom stereocenters. The predicted molar refractivity (Wildman–Crippen MR) is 84.3 cm³/mol. The van der Waals surface area contributed by atoms with Crippen molar-refractivity contribution < 1.29 is 10.1 Å². The lowest BCUT2D eigenvalue weighted by Gasteiger charge is -2.19. The van der Waals surface area contributed by atoms with E-state index in [1.54, 1.807) is 0 Å². The average Bonchev–Trinajstić information content (AvgIpc) is 2.91. The highest BCUT2D eigenvalue weighted by Crippen LogP contribution is 2.24. The van der Waals surface area contributed by atoms with Crippen molar-refractivity contribution in [1.82, 2.24) is 0 Å². The maximum absolute atomic E-state index is 5.82. The minimum absolute atomic E-state index is 0.217. The molecule has 0 bridgehead atoms. The SMILES string of the molecule is CC(C)(C)c1ccc(OCCC[NH2+]C2CCCC2)cc1. The van der Waals surface area contributed by atoms with E-state index in [9.17, 15) is 0 Å². The van der Waals surface area contributed by atoms with E-state index in [2.05, 4.69) is 50.4 Å². The van der Waals surface area contributed by atoms with Crippen molar-refractivity contribution in [1.29, 1.82) is 0 Å². The first kappa shape index (κ1) is 15.4. The minimum Gasteiger partial charge on any atom is -0.493 e. The normalized spacial score (nSPS) is 16.6. The Morgan fingerprint density at radius 3 is 2.35 bits per heavy atom. The van der Waals surface area contributed by atoms with Crippen LogP contribution in [0.4, 0.5) is 0 Å². The third-order valence-corrected chi connectivity index (χ3v) is 4.24. The van der Waals surface area contributed by atoms with Crippen LogP contribution in [0.5, 0.6) is 5.75 Å². The van der Waals surface area contributed by atoms with Crippen molar-refractivity contribution in [3.05, 3.63) is 29.8 Å². The Labute approximate surface area is 123 Å². The van der Waals surface area contributed by atoms with Gasteiger partial charge in [-0.05, 0) is 48.8 Å². The molecule has 0 saturated heterocycles. The molecule has 0 amide bonds. The van der Waals surface area contributed by atoms with Crippen LogP contribution in [0, 0.1) is 0 Å². The molecule has 1 fully saturated rings. The van der Waals surface area contributed by atoms with Gasteiger partial charge in [0.05, 0.1) is 19.2 Å². The van der Waals surface area contributed by atoms with Crippen molar-refractivity contribution in [3.8, 4) is 5.75 Å². The van der Waals surface area contributed by atoms with Gasteiger partial charge in [-0.25, -0.2) is 0 Å². The Morgan fingerprint density at radius 1 is 1.10 bits per heavy atom. The van der Waals surface area contributed by atoms with Crippen molar-refractivity contribution >= 4 is 0 Å². The highest BCUT2D eigenvalue weighted by Gasteiger charge is 2.16. The van der Waals surface area contributed by atoms with Gasteiger partial charge in [0.25, 0.3) is 0 Å². The van der Waals surface area contributed by atoms with Crippen LogP contribution in [0.3, 0.4) is 0 Å². The summed E-state index contributed by atoms with van der Waals surface area (Å²) in [6.45, 7) is 8.74. The number of hydrogen-bond acceptors (Lipinski definition) is 1. The zero-order chi connectivity index (χ0) is 14.4. The predicted octanol–water partition coefficient (Wildman–Crippen LogP) is 3.26. The molecule has 1 saturated carbocycles. The molecule has 0 radical (unpaired) electrons. The van der Waals surface area contributed by atoms with Crippen LogP contribution >= 0.6 is 0 Å². The molecule has 2 nitrogen and oxygen atoms in total. The summed E-state index contributed by atoms with van der Waals surface area (Å²) in [6.07, 6.45) is 6.82. The molecule has 2 heteroatoms. The van der Waals surface area contributed by atoms with Crippen LogP contribution in [-0.2, 0) is 5.41 Å². The van der Waals surface area contributed by atoms with Gasteiger partial charge in [0.1, 0.15) is 5.75 Å². The van der Waals surface area contributed by atoms with Crippen LogP contribution in [-0.4, -0.2) is 19.2 Å². The Hall–Kier alpha value is -1.02. The molecule has 0 heterocycles. The van der Waals surface area contributed by atoms with Gasteiger partial charge in [-0.1, -0.05) is 32.9 Å². The van der Waals surface area contributed by atoms with Gasteiger partial charge in [-0.15, -0.1) is 0 Å². The molecule has 20 heavy (non-hydrogen) atoms. The monoisotopic (exact) mass is 276 g/mol. The third kappa shape index (κ3) is 4.82. The molecule has 1 aromatic carbocycles. The van der Waals surface area contributed by atoms with Gasteiger partial charge in [-0.3, -0.25) is 0 Å². The Balaban J connectivity index is 1.64. The number of hydrogen-bond donors (Lipinski definition) is 1. The van der Waals surface area contributed by atoms with E-state index in [0.29, 0.717) is 0 Å². The van der Waals surface area contributed by atoms with E-state index in [4.69, 9.17) is 4.74 Å². The number of nitrogens with two attached hydrogens (primary N) is 1. The molecule has 0 spiro atoms. The lowest BCUT2D eigenvalue weighted by atomic mass is 9.87. The lowest BCUT2D eigenvalue weighted by Crippen LogP contribution is -2.89. The number of quaternary nitrogens is 1. The third-order valence-electron chi connectivity index (χ3n) is 4.24. The fraction of sp³-hybridized carbons (Fsp3) is 0.667. The second-order valence-electron chi connectivity index (χ2n) is 7.05. The first-order valence-corrected chi connectivity index (χ1v) is 8.12. The summed E-state index contributed by atoms with van der Waals surface area (Å²) >= 11 is 0. The van der Waals surface area contributed by atoms with Crippen LogP contribution in [0.1, 0.15) is 58.4 Å². The van der Waals surface area contributed by atoms with Crippen LogP contribution in [0.15, 0.2) is 24.3 Å². The van der Waals surface area contributed by atoms with Crippen LogP contribution < -0.4 is 10.1 Å². The largest absolute Gasteiger partial charge is 0.493 e. The molecule has 0 aliphatic heterocycles. The van der Waals surface area contributed by atoms with Gasteiger partial charge in [0.15, 0.2) is 0 Å². The zero-order valence-corrected chi connectivity index (χ0v) is 13.3. The van der Waals surface area contributed by atoms with Gasteiger partial charge in [0.2, 0.25) is 0 Å². The van der Waals surface area contributed by atoms with E-state index in [-0.39, 0.29) is 5.41 Å². The minimum atomic E-state index is 0.217. The summed E-state index contributed by atoms with van der Waals surface area (Å²) in [7, 11) is 0. The van der Waals surface area contributed by atoms with Crippen molar-refractivity contribution in [2.75, 3.05) is 13.2 Å². The van der Waals surface area contributed by atoms with Gasteiger partial charge in [0, 0.05) is 6.42 Å². The quantitative estimate of drug-likeness (QED) is 0.793. The number of benzene rings is 1. The molecule has 1 aliphatic carbocycles. The molecule has 0 aromatic heterocycles. The van der Waals surface area contributed by atoms with E-state index < -0.39 is 0 Å². The first-order chi connectivity index (χ1) is 9.55. The molecule has 2 N–H and O–H groups in total. The first-order valence-electron chi connectivity index (χ1n) is 8.12. The van der Waals surface area contributed by atoms with E-state index in [1.807, 2.05) is 0 Å². The standard InChI is InChI=1S/C18H29NO/c1-18(2,3)15-9-11-17(12-10-15)20-14-6-13-19-16-7-4-5-8-16/h9-12,16,19H,4-8,13-14H2,1-3H3/p+1. The highest BCUT2D eigenvalue weighted by atomic mass is 16.5. The molecular formula is C18H30NO+. The zero-order valence-electron chi connectivity index (χ0n) is 13.3. The Kier molecular flexibility index (Phi) is 5.47. The number of ether oxygens (including phenoxy) is 1. The van der Waals surface area contributed by atoms with Gasteiger partial charge in [-0.2, -0.15) is 0 Å². The number of rotatable bonds is 6. The molecule has 0 unspecified atom stereocenters. The van der Waals surface area contributed by atoms with Crippen LogP contribution in [0.2, 0.25) is 0 Å². The maximum Gasteiger partial charge on any atom is 0.119 e. The maximum atomic E-state index is 5.82. The summed E-state index contributed by atoms with van der Waals surface area (Å²) < 4.78 is 5.82. The fourth-order valence-corrected chi connectivity index (χ4v) is 2.87. The van der Waals surface area contributed by atoms with E-state index in [0.717, 1.165) is 24.8 Å². The van der Waals surface area contributed by atoms with E-state index in [1.165, 1.54) is 37.8 Å². The molecule has 2 rings (SSSR count). The van der Waals surface area contributed by atoms with Gasteiger partial charge >= 0.3 is 0 Å². The summed E-state index contributed by atoms with van der Waals surface area (Å²) in [5, 5.41) is 2.51. The van der Waals surface area contributed by atoms with E-state index >= 15 is 0 Å². The smallest absolute Gasteiger partial charge is 0.119 e. The van der Waals surface area contributed by atoms with Gasteiger partial charge < -0.3 is 10.1 Å². The summed E-state index contributed by atoms with van der Waals surface area (Å²) in [5.74, 6) is 0.999. The summed E-state index contributed by atoms with van der Waals surface area (Å²) in [5.41, 5.74) is 1.58. The molecular weight excluding hydrogens is 246 g/mol. The summed E-state index contributed by atoms with van der Waals surface area (Å²) in [6, 6.07) is 9.45. The second-order valence-corrected chi connectivity index (χ2v) is 7.05. The topological polar surface area (TPSA) is 25.8 Å². The highest BCUT2D eigenvalue weighted by molar-refractivity contribution is 5.31. The molecule has 1 aliphatic rings. The van der Waals surface area contributed by atoms with Crippen molar-refractivity contribution in [2.24, 2.45) is 0 Å². The lowest BCUT2D eigenvalue weighted by molar-refractivity contribution is -0.688. The Morgan fingerprint density at radius 2 is 1.75 bits per heavy atom. The second kappa shape index (κ2) is 7.12. The summed E-state index contributed by atoms with van der Waals surface area (Å²) in [4.78, 5) is 0. The molecule has 112 valence electrons. The van der Waals surface area contributed by atoms with Crippen LogP contribution in [0.25, 0.3) is 0 Å². The van der Waals surface area contributed by atoms with Crippen molar-refractivity contribution in [3.63, 3.8) is 0 Å². The fourth-order valence-electron chi connectivity index (χ4n) is 2.87. The molecule has 1 aromatic rings.